The number of aryl methyl sites for hydroxylation is 1. The van der Waals surface area contributed by atoms with Gasteiger partial charge in [0.1, 0.15) is 5.82 Å². The molecule has 0 spiro atoms. The van der Waals surface area contributed by atoms with Crippen molar-refractivity contribution < 1.29 is 31.1 Å². The van der Waals surface area contributed by atoms with Crippen molar-refractivity contribution in [2.24, 2.45) is 5.92 Å². The van der Waals surface area contributed by atoms with E-state index < -0.39 is 35.3 Å². The fraction of sp³-hybridized carbons (Fsp3) is 0.438. The summed E-state index contributed by atoms with van der Waals surface area (Å²) in [5.41, 5.74) is -1.67. The van der Waals surface area contributed by atoms with Gasteiger partial charge in [0.05, 0.1) is 23.6 Å². The van der Waals surface area contributed by atoms with Gasteiger partial charge in [-0.25, -0.2) is 0 Å². The molecule has 3 rings (SSSR count). The molecule has 1 N–H and O–H groups in total. The van der Waals surface area contributed by atoms with Gasteiger partial charge in [0.2, 0.25) is 0 Å². The van der Waals surface area contributed by atoms with E-state index in [0.717, 1.165) is 18.2 Å². The first-order chi connectivity index (χ1) is 12.6. The van der Waals surface area contributed by atoms with Crippen LogP contribution in [0.1, 0.15) is 34.0 Å². The molecule has 0 saturated carbocycles. The Morgan fingerprint density at radius 2 is 1.85 bits per heavy atom. The van der Waals surface area contributed by atoms with Crippen LogP contribution in [0.3, 0.4) is 0 Å². The first-order valence-electron chi connectivity index (χ1n) is 7.99. The number of amides is 1. The molecule has 1 aromatic heterocycles. The predicted octanol–water partition coefficient (Wildman–Crippen LogP) is 3.35. The normalized spacial score (nSPS) is 17.5. The number of carbonyl (C=O) groups is 1. The second kappa shape index (κ2) is 6.86. The van der Waals surface area contributed by atoms with Crippen LogP contribution < -0.4 is 5.32 Å². The molecular weight excluding hydrogens is 378 g/mol. The lowest BCUT2D eigenvalue weighted by Gasteiger charge is -2.26. The van der Waals surface area contributed by atoms with Crippen molar-refractivity contribution in [3.63, 3.8) is 0 Å². The molecule has 27 heavy (non-hydrogen) atoms. The molecule has 2 heterocycles. The average molecular weight is 392 g/mol. The van der Waals surface area contributed by atoms with Crippen LogP contribution in [-0.4, -0.2) is 26.8 Å². The van der Waals surface area contributed by atoms with Crippen LogP contribution in [0.5, 0.6) is 0 Å². The van der Waals surface area contributed by atoms with E-state index in [0.29, 0.717) is 5.82 Å². The van der Waals surface area contributed by atoms with Gasteiger partial charge in [0.25, 0.3) is 5.91 Å². The Balaban J connectivity index is 1.74. The van der Waals surface area contributed by atoms with Crippen LogP contribution in [0, 0.1) is 5.92 Å². The third-order valence-corrected chi connectivity index (χ3v) is 4.37. The summed E-state index contributed by atoms with van der Waals surface area (Å²) >= 11 is 0. The molecule has 5 nitrogen and oxygen atoms in total. The quantitative estimate of drug-likeness (QED) is 0.815. The zero-order valence-corrected chi connectivity index (χ0v) is 13.7. The van der Waals surface area contributed by atoms with Crippen molar-refractivity contribution in [1.29, 1.82) is 0 Å². The maximum absolute atomic E-state index is 13.0. The lowest BCUT2D eigenvalue weighted by Crippen LogP contribution is -2.34. The lowest BCUT2D eigenvalue weighted by atomic mass is 9.99. The molecule has 1 aliphatic heterocycles. The molecule has 11 heteroatoms. The van der Waals surface area contributed by atoms with E-state index in [1.54, 1.807) is 0 Å². The first kappa shape index (κ1) is 19.2. The van der Waals surface area contributed by atoms with Crippen molar-refractivity contribution in [3.05, 3.63) is 47.0 Å². The van der Waals surface area contributed by atoms with Gasteiger partial charge in [-0.1, -0.05) is 12.1 Å². The second-order valence-electron chi connectivity index (χ2n) is 6.15. The molecule has 0 unspecified atom stereocenters. The maximum Gasteiger partial charge on any atom is 0.417 e. The predicted molar refractivity (Wildman–Crippen MR) is 80.5 cm³/mol. The number of aromatic nitrogens is 3. The Bertz CT molecular complexity index is 842. The Morgan fingerprint density at radius 3 is 2.52 bits per heavy atom. The van der Waals surface area contributed by atoms with Crippen molar-refractivity contribution >= 4 is 5.91 Å². The largest absolute Gasteiger partial charge is 0.417 e. The van der Waals surface area contributed by atoms with Gasteiger partial charge in [-0.2, -0.15) is 26.3 Å². The Kier molecular flexibility index (Phi) is 4.87. The van der Waals surface area contributed by atoms with Crippen LogP contribution in [0.2, 0.25) is 0 Å². The van der Waals surface area contributed by atoms with Crippen molar-refractivity contribution in [2.75, 3.05) is 0 Å². The van der Waals surface area contributed by atoms with Gasteiger partial charge in [0, 0.05) is 13.0 Å². The summed E-state index contributed by atoms with van der Waals surface area (Å²) < 4.78 is 79.0. The highest BCUT2D eigenvalue weighted by atomic mass is 19.4. The summed E-state index contributed by atoms with van der Waals surface area (Å²) in [5, 5.41) is 9.83. The highest BCUT2D eigenvalue weighted by Gasteiger charge is 2.42. The first-order valence-corrected chi connectivity index (χ1v) is 7.99. The van der Waals surface area contributed by atoms with Crippen LogP contribution in [-0.2, 0) is 25.7 Å². The number of nitrogens with zero attached hydrogens (tertiary/aromatic N) is 3. The fourth-order valence-corrected chi connectivity index (χ4v) is 2.96. The van der Waals surface area contributed by atoms with Crippen molar-refractivity contribution in [2.45, 2.75) is 38.3 Å². The molecule has 0 radical (unpaired) electrons. The van der Waals surface area contributed by atoms with E-state index >= 15 is 0 Å². The van der Waals surface area contributed by atoms with E-state index in [1.165, 1.54) is 10.6 Å². The molecule has 0 aliphatic carbocycles. The number of carbonyl (C=O) groups excluding carboxylic acids is 1. The van der Waals surface area contributed by atoms with Crippen molar-refractivity contribution in [1.82, 2.24) is 20.1 Å². The maximum atomic E-state index is 13.0. The van der Waals surface area contributed by atoms with Crippen LogP contribution in [0.15, 0.2) is 24.3 Å². The van der Waals surface area contributed by atoms with Crippen LogP contribution >= 0.6 is 0 Å². The van der Waals surface area contributed by atoms with Gasteiger partial charge in [-0.05, 0) is 18.6 Å². The van der Waals surface area contributed by atoms with Gasteiger partial charge in [0.15, 0.2) is 5.82 Å². The molecular formula is C16H14F6N4O. The van der Waals surface area contributed by atoms with Gasteiger partial charge < -0.3 is 9.88 Å². The number of rotatable bonds is 3. The number of alkyl halides is 6. The highest BCUT2D eigenvalue weighted by molar-refractivity contribution is 5.95. The molecule has 1 atom stereocenters. The number of hydrogen-bond donors (Lipinski definition) is 1. The summed E-state index contributed by atoms with van der Waals surface area (Å²) in [6.07, 6.45) is -9.09. The molecule has 0 bridgehead atoms. The second-order valence-corrected chi connectivity index (χ2v) is 6.15. The number of benzene rings is 1. The van der Waals surface area contributed by atoms with E-state index in [1.807, 2.05) is 0 Å². The molecule has 1 amide bonds. The van der Waals surface area contributed by atoms with E-state index in [2.05, 4.69) is 15.5 Å². The molecule has 1 aromatic carbocycles. The third kappa shape index (κ3) is 4.06. The minimum Gasteiger partial charge on any atom is -0.345 e. The van der Waals surface area contributed by atoms with Gasteiger partial charge in [-0.3, -0.25) is 4.79 Å². The van der Waals surface area contributed by atoms with Gasteiger partial charge >= 0.3 is 12.4 Å². The number of nitrogens with one attached hydrogen (secondary N) is 1. The fourth-order valence-electron chi connectivity index (χ4n) is 2.96. The average Bonchev–Trinajstić information content (AvgIpc) is 3.00. The van der Waals surface area contributed by atoms with Crippen LogP contribution in [0.4, 0.5) is 26.3 Å². The monoisotopic (exact) mass is 392 g/mol. The van der Waals surface area contributed by atoms with E-state index in [-0.39, 0.29) is 31.8 Å². The number of hydrogen-bond acceptors (Lipinski definition) is 3. The summed E-state index contributed by atoms with van der Waals surface area (Å²) in [6.45, 7) is -0.710. The zero-order chi connectivity index (χ0) is 19.8. The molecule has 0 saturated heterocycles. The Hall–Kier alpha value is -2.59. The SMILES string of the molecule is O=C(NCc1nnc2n1C[C@@H](C(F)(F)F)CC2)c1ccccc1C(F)(F)F. The number of halogens is 6. The molecule has 0 fully saturated rings. The third-order valence-electron chi connectivity index (χ3n) is 4.37. The Labute approximate surface area is 149 Å². The standard InChI is InChI=1S/C16H14F6N4O/c17-15(18,19)9-5-6-12-24-25-13(26(12)8-9)7-23-14(27)10-3-1-2-4-11(10)16(20,21)22/h1-4,9H,5-8H2,(H,23,27)/t9-/m0/s1. The smallest absolute Gasteiger partial charge is 0.345 e. The summed E-state index contributed by atoms with van der Waals surface area (Å²) in [4.78, 5) is 12.2. The van der Waals surface area contributed by atoms with E-state index in [4.69, 9.17) is 0 Å². The highest BCUT2D eigenvalue weighted by Crippen LogP contribution is 2.34. The summed E-state index contributed by atoms with van der Waals surface area (Å²) in [6, 6.07) is 4.25. The van der Waals surface area contributed by atoms with Gasteiger partial charge in [-0.15, -0.1) is 10.2 Å². The zero-order valence-electron chi connectivity index (χ0n) is 13.7. The van der Waals surface area contributed by atoms with Crippen LogP contribution in [0.25, 0.3) is 0 Å². The molecule has 2 aromatic rings. The summed E-state index contributed by atoms with van der Waals surface area (Å²) in [7, 11) is 0. The lowest BCUT2D eigenvalue weighted by molar-refractivity contribution is -0.182. The topological polar surface area (TPSA) is 59.8 Å². The summed E-state index contributed by atoms with van der Waals surface area (Å²) in [5.74, 6) is -2.13. The molecule has 1 aliphatic rings. The molecule has 146 valence electrons. The minimum absolute atomic E-state index is 0.0665. The van der Waals surface area contributed by atoms with Crippen molar-refractivity contribution in [3.8, 4) is 0 Å². The van der Waals surface area contributed by atoms with E-state index in [9.17, 15) is 31.1 Å². The number of fused-ring (bicyclic) bond motifs is 1. The Morgan fingerprint density at radius 1 is 1.15 bits per heavy atom. The minimum atomic E-state index is -4.71.